The van der Waals surface area contributed by atoms with Crippen LogP contribution in [0.1, 0.15) is 65.2 Å². The highest BCUT2D eigenvalue weighted by atomic mass is 79.9. The summed E-state index contributed by atoms with van der Waals surface area (Å²) in [5.41, 5.74) is 1.01. The smallest absolute Gasteiger partial charge is 0.0153 e. The molecule has 2 fully saturated rings. The van der Waals surface area contributed by atoms with Gasteiger partial charge in [-0.05, 0) is 51.5 Å². The molecule has 1 aliphatic carbocycles. The number of likely N-dealkylation sites (tertiary alicyclic amines) is 1. The van der Waals surface area contributed by atoms with Crippen LogP contribution in [0.5, 0.6) is 0 Å². The predicted octanol–water partition coefficient (Wildman–Crippen LogP) is 4.60. The summed E-state index contributed by atoms with van der Waals surface area (Å²) in [6.07, 6.45) is 11.4. The number of hydrogen-bond acceptors (Lipinski definition) is 1. The first kappa shape index (κ1) is 13.9. The van der Waals surface area contributed by atoms with Crippen molar-refractivity contribution >= 4 is 15.9 Å². The van der Waals surface area contributed by atoms with Crippen molar-refractivity contribution in [3.8, 4) is 0 Å². The second-order valence-corrected chi connectivity index (χ2v) is 7.45. The molecule has 2 rings (SSSR count). The Morgan fingerprint density at radius 2 is 1.59 bits per heavy atom. The van der Waals surface area contributed by atoms with E-state index in [1.807, 2.05) is 0 Å². The molecule has 0 aromatic rings. The highest BCUT2D eigenvalue weighted by molar-refractivity contribution is 9.09. The summed E-state index contributed by atoms with van der Waals surface area (Å²) >= 11 is 3.82. The van der Waals surface area contributed by atoms with E-state index >= 15 is 0 Å². The molecule has 1 saturated heterocycles. The van der Waals surface area contributed by atoms with Gasteiger partial charge in [0, 0.05) is 17.4 Å². The van der Waals surface area contributed by atoms with E-state index in [0.717, 1.165) is 0 Å². The maximum Gasteiger partial charge on any atom is 0.0153 e. The van der Waals surface area contributed by atoms with Crippen LogP contribution in [0.2, 0.25) is 0 Å². The number of rotatable bonds is 3. The third-order valence-electron chi connectivity index (χ3n) is 5.05. The highest BCUT2D eigenvalue weighted by Gasteiger charge is 2.38. The summed E-state index contributed by atoms with van der Waals surface area (Å²) in [5.74, 6) is 0. The lowest BCUT2D eigenvalue weighted by Crippen LogP contribution is -2.46. The van der Waals surface area contributed by atoms with Crippen LogP contribution in [0, 0.1) is 5.41 Å². The Balaban J connectivity index is 2.02. The van der Waals surface area contributed by atoms with Crippen LogP contribution < -0.4 is 0 Å². The molecule has 2 aliphatic rings. The average molecular weight is 302 g/mol. The van der Waals surface area contributed by atoms with E-state index in [4.69, 9.17) is 0 Å². The summed E-state index contributed by atoms with van der Waals surface area (Å²) in [4.78, 5) is 2.76. The Bertz CT molecular complexity index is 241. The minimum atomic E-state index is 0.446. The van der Waals surface area contributed by atoms with Crippen molar-refractivity contribution in [2.45, 2.75) is 70.8 Å². The van der Waals surface area contributed by atoms with Gasteiger partial charge in [0.25, 0.3) is 0 Å². The minimum Gasteiger partial charge on any atom is -0.298 e. The van der Waals surface area contributed by atoms with Crippen LogP contribution in [0.15, 0.2) is 0 Å². The van der Waals surface area contributed by atoms with Crippen molar-refractivity contribution in [1.29, 1.82) is 0 Å². The molecule has 0 spiro atoms. The second-order valence-electron chi connectivity index (χ2n) is 6.89. The van der Waals surface area contributed by atoms with Gasteiger partial charge in [-0.15, -0.1) is 0 Å². The first-order valence-corrected chi connectivity index (χ1v) is 8.51. The van der Waals surface area contributed by atoms with E-state index in [1.165, 1.54) is 69.8 Å². The molecule has 100 valence electrons. The molecule has 0 aromatic carbocycles. The van der Waals surface area contributed by atoms with Crippen LogP contribution in [0.4, 0.5) is 0 Å². The fraction of sp³-hybridized carbons (Fsp3) is 1.00. The molecular weight excluding hydrogens is 274 g/mol. The van der Waals surface area contributed by atoms with E-state index in [0.29, 0.717) is 11.0 Å². The summed E-state index contributed by atoms with van der Waals surface area (Å²) in [7, 11) is 0. The molecule has 0 amide bonds. The van der Waals surface area contributed by atoms with Crippen molar-refractivity contribution in [3.63, 3.8) is 0 Å². The summed E-state index contributed by atoms with van der Waals surface area (Å²) in [6, 6.07) is 0. The Kier molecular flexibility index (Phi) is 4.57. The lowest BCUT2D eigenvalue weighted by atomic mass is 9.81. The first-order chi connectivity index (χ1) is 8.08. The lowest BCUT2D eigenvalue weighted by molar-refractivity contribution is 0.0975. The normalized spacial score (nSPS) is 29.1. The van der Waals surface area contributed by atoms with Crippen LogP contribution in [0.3, 0.4) is 0 Å². The monoisotopic (exact) mass is 301 g/mol. The fourth-order valence-electron chi connectivity index (χ4n) is 3.67. The molecule has 2 heteroatoms. The topological polar surface area (TPSA) is 3.24 Å². The predicted molar refractivity (Wildman–Crippen MR) is 78.8 cm³/mol. The van der Waals surface area contributed by atoms with E-state index in [2.05, 4.69) is 34.7 Å². The Morgan fingerprint density at radius 3 is 2.06 bits per heavy atom. The lowest BCUT2D eigenvalue weighted by Gasteiger charge is -2.41. The molecule has 0 aromatic heterocycles. The van der Waals surface area contributed by atoms with Crippen molar-refractivity contribution in [3.05, 3.63) is 0 Å². The van der Waals surface area contributed by atoms with Gasteiger partial charge in [-0.1, -0.05) is 41.6 Å². The van der Waals surface area contributed by atoms with Crippen LogP contribution in [-0.4, -0.2) is 28.9 Å². The van der Waals surface area contributed by atoms with Crippen molar-refractivity contribution in [2.75, 3.05) is 18.4 Å². The zero-order chi connectivity index (χ0) is 12.4. The molecule has 17 heavy (non-hydrogen) atoms. The van der Waals surface area contributed by atoms with Crippen molar-refractivity contribution in [2.24, 2.45) is 5.41 Å². The molecule has 1 heterocycles. The van der Waals surface area contributed by atoms with Crippen LogP contribution in [-0.2, 0) is 0 Å². The van der Waals surface area contributed by atoms with Crippen molar-refractivity contribution < 1.29 is 0 Å². The summed E-state index contributed by atoms with van der Waals surface area (Å²) in [5, 5.41) is 1.20. The zero-order valence-corrected chi connectivity index (χ0v) is 13.2. The third-order valence-corrected chi connectivity index (χ3v) is 6.24. The molecule has 0 N–H and O–H groups in total. The van der Waals surface area contributed by atoms with Gasteiger partial charge < -0.3 is 0 Å². The van der Waals surface area contributed by atoms with Crippen LogP contribution in [0.25, 0.3) is 0 Å². The van der Waals surface area contributed by atoms with E-state index < -0.39 is 0 Å². The first-order valence-electron chi connectivity index (χ1n) is 7.39. The molecule has 0 unspecified atom stereocenters. The van der Waals surface area contributed by atoms with Crippen LogP contribution >= 0.6 is 15.9 Å². The van der Waals surface area contributed by atoms with E-state index in [1.54, 1.807) is 0 Å². The average Bonchev–Trinajstić information content (AvgIpc) is 2.54. The second kappa shape index (κ2) is 5.61. The highest BCUT2D eigenvalue weighted by Crippen LogP contribution is 2.40. The van der Waals surface area contributed by atoms with Gasteiger partial charge in [0.05, 0.1) is 0 Å². The Hall–Kier alpha value is 0.440. The van der Waals surface area contributed by atoms with Gasteiger partial charge >= 0.3 is 0 Å². The Labute approximate surface area is 115 Å². The number of alkyl halides is 1. The standard InChI is InChI=1S/C15H28BrN/c1-14(2)8-7-11-17(14)13-15(12-16)9-5-3-4-6-10-15/h3-13H2,1-2H3. The molecule has 1 nitrogen and oxygen atoms in total. The van der Waals surface area contributed by atoms with Gasteiger partial charge in [0.1, 0.15) is 0 Å². The SMILES string of the molecule is CC1(C)CCCN1CC1(CBr)CCCCCC1. The molecule has 0 radical (unpaired) electrons. The largest absolute Gasteiger partial charge is 0.298 e. The van der Waals surface area contributed by atoms with Gasteiger partial charge in [0.2, 0.25) is 0 Å². The summed E-state index contributed by atoms with van der Waals surface area (Å²) in [6.45, 7) is 7.50. The fourth-order valence-corrected chi connectivity index (χ4v) is 4.41. The van der Waals surface area contributed by atoms with E-state index in [9.17, 15) is 0 Å². The summed E-state index contributed by atoms with van der Waals surface area (Å²) < 4.78 is 0. The number of hydrogen-bond donors (Lipinski definition) is 0. The molecule has 0 atom stereocenters. The maximum absolute atomic E-state index is 3.82. The molecular formula is C15H28BrN. The molecule has 1 saturated carbocycles. The van der Waals surface area contributed by atoms with Gasteiger partial charge in [0.15, 0.2) is 0 Å². The maximum atomic E-state index is 3.82. The quantitative estimate of drug-likeness (QED) is 0.544. The van der Waals surface area contributed by atoms with Gasteiger partial charge in [-0.25, -0.2) is 0 Å². The van der Waals surface area contributed by atoms with Gasteiger partial charge in [-0.2, -0.15) is 0 Å². The molecule has 1 aliphatic heterocycles. The number of nitrogens with zero attached hydrogens (tertiary/aromatic N) is 1. The van der Waals surface area contributed by atoms with Crippen molar-refractivity contribution in [1.82, 2.24) is 4.90 Å². The molecule has 0 bridgehead atoms. The third kappa shape index (κ3) is 3.26. The minimum absolute atomic E-state index is 0.446. The Morgan fingerprint density at radius 1 is 0.941 bits per heavy atom. The van der Waals surface area contributed by atoms with Gasteiger partial charge in [-0.3, -0.25) is 4.90 Å². The van der Waals surface area contributed by atoms with E-state index in [-0.39, 0.29) is 0 Å². The zero-order valence-electron chi connectivity index (χ0n) is 11.6. The number of halogens is 1.